The van der Waals surface area contributed by atoms with Gasteiger partial charge in [0.1, 0.15) is 0 Å². The van der Waals surface area contributed by atoms with Gasteiger partial charge in [-0.25, -0.2) is 0 Å². The van der Waals surface area contributed by atoms with Crippen molar-refractivity contribution in [1.82, 2.24) is 5.32 Å². The van der Waals surface area contributed by atoms with E-state index in [4.69, 9.17) is 4.74 Å². The molecule has 2 nitrogen and oxygen atoms in total. The van der Waals surface area contributed by atoms with Crippen molar-refractivity contribution in [1.29, 1.82) is 0 Å². The van der Waals surface area contributed by atoms with Crippen molar-refractivity contribution in [2.45, 2.75) is 19.9 Å². The molecular formula is C10H15NOS. The predicted molar refractivity (Wildman–Crippen MR) is 55.4 cm³/mol. The molecule has 13 heavy (non-hydrogen) atoms. The van der Waals surface area contributed by atoms with Gasteiger partial charge in [-0.2, -0.15) is 0 Å². The maximum Gasteiger partial charge on any atom is 0.0662 e. The average Bonchev–Trinajstić information content (AvgIpc) is 2.47. The Labute approximate surface area is 82.9 Å². The second kappa shape index (κ2) is 3.78. The molecule has 0 aromatic carbocycles. The largest absolute Gasteiger partial charge is 0.378 e. The summed E-state index contributed by atoms with van der Waals surface area (Å²) in [5.74, 6) is 0. The van der Waals surface area contributed by atoms with Crippen molar-refractivity contribution in [2.24, 2.45) is 0 Å². The fourth-order valence-electron chi connectivity index (χ4n) is 1.76. The summed E-state index contributed by atoms with van der Waals surface area (Å²) in [6, 6.07) is 2.69. The van der Waals surface area contributed by atoms with Gasteiger partial charge < -0.3 is 10.1 Å². The highest BCUT2D eigenvalue weighted by atomic mass is 32.1. The molecule has 2 rings (SSSR count). The molecule has 3 heteroatoms. The van der Waals surface area contributed by atoms with E-state index in [0.29, 0.717) is 6.04 Å². The van der Waals surface area contributed by atoms with Crippen LogP contribution in [0.2, 0.25) is 0 Å². The number of ether oxygens (including phenoxy) is 1. The minimum Gasteiger partial charge on any atom is -0.378 e. The van der Waals surface area contributed by atoms with Gasteiger partial charge in [0.15, 0.2) is 0 Å². The first-order chi connectivity index (χ1) is 6.27. The van der Waals surface area contributed by atoms with E-state index in [0.717, 1.165) is 19.8 Å². The third-order valence-electron chi connectivity index (χ3n) is 2.38. The molecule has 2 heterocycles. The molecule has 1 fully saturated rings. The third kappa shape index (κ3) is 1.93. The molecule has 1 aliphatic rings. The van der Waals surface area contributed by atoms with Crippen LogP contribution in [-0.4, -0.2) is 19.8 Å². The number of nitrogens with one attached hydrogen (secondary N) is 1. The quantitative estimate of drug-likeness (QED) is 0.743. The maximum atomic E-state index is 5.44. The maximum absolute atomic E-state index is 5.44. The van der Waals surface area contributed by atoms with Gasteiger partial charge in [0.2, 0.25) is 0 Å². The Bertz CT molecular complexity index is 289. The first-order valence-electron chi connectivity index (χ1n) is 4.65. The van der Waals surface area contributed by atoms with Crippen LogP contribution in [0.15, 0.2) is 6.07 Å². The molecule has 0 spiro atoms. The van der Waals surface area contributed by atoms with E-state index < -0.39 is 0 Å². The van der Waals surface area contributed by atoms with Crippen LogP contribution in [0.25, 0.3) is 0 Å². The summed E-state index contributed by atoms with van der Waals surface area (Å²) >= 11 is 1.87. The predicted octanol–water partition coefficient (Wildman–Crippen LogP) is 2.03. The number of morpholine rings is 1. The third-order valence-corrected chi connectivity index (χ3v) is 3.36. The van der Waals surface area contributed by atoms with Crippen molar-refractivity contribution in [3.05, 3.63) is 21.4 Å². The van der Waals surface area contributed by atoms with Crippen LogP contribution in [0.4, 0.5) is 0 Å². The number of thiophene rings is 1. The highest BCUT2D eigenvalue weighted by Crippen LogP contribution is 2.27. The minimum absolute atomic E-state index is 0.415. The first-order valence-corrected chi connectivity index (χ1v) is 5.47. The molecule has 1 atom stereocenters. The first kappa shape index (κ1) is 9.19. The molecule has 1 aromatic heterocycles. The Morgan fingerprint density at radius 3 is 2.92 bits per heavy atom. The Balaban J connectivity index is 2.18. The van der Waals surface area contributed by atoms with Crippen LogP contribution in [0.5, 0.6) is 0 Å². The van der Waals surface area contributed by atoms with Crippen LogP contribution < -0.4 is 5.32 Å². The van der Waals surface area contributed by atoms with E-state index in [1.165, 1.54) is 15.3 Å². The molecule has 0 radical (unpaired) electrons. The number of hydrogen-bond acceptors (Lipinski definition) is 3. The zero-order valence-corrected chi connectivity index (χ0v) is 8.91. The molecule has 72 valence electrons. The average molecular weight is 197 g/mol. The molecule has 1 aromatic rings. The van der Waals surface area contributed by atoms with Crippen molar-refractivity contribution in [2.75, 3.05) is 19.8 Å². The van der Waals surface area contributed by atoms with Gasteiger partial charge in [-0.05, 0) is 25.5 Å². The van der Waals surface area contributed by atoms with Gasteiger partial charge in [0.25, 0.3) is 0 Å². The monoisotopic (exact) mass is 197 g/mol. The van der Waals surface area contributed by atoms with Gasteiger partial charge >= 0.3 is 0 Å². The van der Waals surface area contributed by atoms with E-state index in [9.17, 15) is 0 Å². The standard InChI is InChI=1S/C10H15NOS/c1-7-5-9(8(2)13-7)10-6-12-4-3-11-10/h5,10-11H,3-4,6H2,1-2H3/t10-/m0/s1. The SMILES string of the molecule is Cc1cc([C@@H]2COCCN2)c(C)s1. The Morgan fingerprint density at radius 1 is 1.54 bits per heavy atom. The number of aryl methyl sites for hydroxylation is 2. The van der Waals surface area contributed by atoms with Gasteiger partial charge in [-0.1, -0.05) is 0 Å². The summed E-state index contributed by atoms with van der Waals surface area (Å²) in [6.07, 6.45) is 0. The zero-order chi connectivity index (χ0) is 9.26. The molecule has 0 saturated carbocycles. The normalized spacial score (nSPS) is 23.4. The lowest BCUT2D eigenvalue weighted by Gasteiger charge is -2.23. The summed E-state index contributed by atoms with van der Waals surface area (Å²) < 4.78 is 5.44. The summed E-state index contributed by atoms with van der Waals surface area (Å²) in [4.78, 5) is 2.81. The summed E-state index contributed by atoms with van der Waals surface area (Å²) in [6.45, 7) is 6.98. The molecule has 1 aliphatic heterocycles. The molecular weight excluding hydrogens is 182 g/mol. The lowest BCUT2D eigenvalue weighted by atomic mass is 10.1. The van der Waals surface area contributed by atoms with Crippen molar-refractivity contribution < 1.29 is 4.74 Å². The van der Waals surface area contributed by atoms with E-state index in [1.54, 1.807) is 0 Å². The van der Waals surface area contributed by atoms with E-state index in [1.807, 2.05) is 11.3 Å². The fraction of sp³-hybridized carbons (Fsp3) is 0.600. The van der Waals surface area contributed by atoms with Crippen LogP contribution in [0.1, 0.15) is 21.4 Å². The number of hydrogen-bond donors (Lipinski definition) is 1. The van der Waals surface area contributed by atoms with E-state index in [-0.39, 0.29) is 0 Å². The lowest BCUT2D eigenvalue weighted by molar-refractivity contribution is 0.0768. The highest BCUT2D eigenvalue weighted by molar-refractivity contribution is 7.12. The van der Waals surface area contributed by atoms with Crippen LogP contribution in [-0.2, 0) is 4.74 Å². The number of rotatable bonds is 1. The van der Waals surface area contributed by atoms with Crippen molar-refractivity contribution in [3.8, 4) is 0 Å². The van der Waals surface area contributed by atoms with Gasteiger partial charge in [-0.3, -0.25) is 0 Å². The van der Waals surface area contributed by atoms with Crippen molar-refractivity contribution >= 4 is 11.3 Å². The van der Waals surface area contributed by atoms with Crippen LogP contribution in [0.3, 0.4) is 0 Å². The fourth-order valence-corrected chi connectivity index (χ4v) is 2.75. The smallest absolute Gasteiger partial charge is 0.0662 e. The molecule has 0 unspecified atom stereocenters. The van der Waals surface area contributed by atoms with E-state index in [2.05, 4.69) is 25.2 Å². The molecule has 0 aliphatic carbocycles. The van der Waals surface area contributed by atoms with Crippen LogP contribution in [0, 0.1) is 13.8 Å². The zero-order valence-electron chi connectivity index (χ0n) is 8.09. The minimum atomic E-state index is 0.415. The van der Waals surface area contributed by atoms with Crippen molar-refractivity contribution in [3.63, 3.8) is 0 Å². The molecule has 1 saturated heterocycles. The topological polar surface area (TPSA) is 21.3 Å². The Morgan fingerprint density at radius 2 is 2.38 bits per heavy atom. The van der Waals surface area contributed by atoms with Crippen LogP contribution >= 0.6 is 11.3 Å². The molecule has 1 N–H and O–H groups in total. The van der Waals surface area contributed by atoms with E-state index >= 15 is 0 Å². The Hall–Kier alpha value is -0.380. The van der Waals surface area contributed by atoms with Gasteiger partial charge in [-0.15, -0.1) is 11.3 Å². The second-order valence-electron chi connectivity index (χ2n) is 3.45. The Kier molecular flexibility index (Phi) is 2.67. The van der Waals surface area contributed by atoms with Gasteiger partial charge in [0.05, 0.1) is 19.3 Å². The summed E-state index contributed by atoms with van der Waals surface area (Å²) in [5, 5.41) is 3.47. The second-order valence-corrected chi connectivity index (χ2v) is 4.91. The lowest BCUT2D eigenvalue weighted by Crippen LogP contribution is -2.34. The molecule has 0 bridgehead atoms. The van der Waals surface area contributed by atoms with Gasteiger partial charge in [0, 0.05) is 16.3 Å². The summed E-state index contributed by atoms with van der Waals surface area (Å²) in [5.41, 5.74) is 1.42. The molecule has 0 amide bonds. The highest BCUT2D eigenvalue weighted by Gasteiger charge is 2.18. The summed E-state index contributed by atoms with van der Waals surface area (Å²) in [7, 11) is 0.